The zero-order valence-corrected chi connectivity index (χ0v) is 12.1. The van der Waals surface area contributed by atoms with Gasteiger partial charge in [0.25, 0.3) is 11.8 Å². The minimum atomic E-state index is -0.594. The first-order chi connectivity index (χ1) is 10.6. The van der Waals surface area contributed by atoms with Gasteiger partial charge in [0.1, 0.15) is 12.3 Å². The van der Waals surface area contributed by atoms with Crippen molar-refractivity contribution in [2.45, 2.75) is 0 Å². The van der Waals surface area contributed by atoms with E-state index in [1.165, 1.54) is 12.3 Å². The number of H-pyrrole nitrogens is 1. The van der Waals surface area contributed by atoms with E-state index in [0.29, 0.717) is 16.1 Å². The SMILES string of the molecule is O=C(OCCN1C(=O)c2ccccc2C1=O)c1cc(Cl)c[nH]1. The van der Waals surface area contributed by atoms with Crippen LogP contribution >= 0.6 is 11.6 Å². The van der Waals surface area contributed by atoms with Gasteiger partial charge in [-0.1, -0.05) is 23.7 Å². The molecule has 0 saturated carbocycles. The van der Waals surface area contributed by atoms with E-state index in [0.717, 1.165) is 4.90 Å². The Bertz CT molecular complexity index is 733. The Morgan fingerprint density at radius 1 is 1.18 bits per heavy atom. The third-order valence-corrected chi connectivity index (χ3v) is 3.51. The van der Waals surface area contributed by atoms with Gasteiger partial charge in [-0.2, -0.15) is 0 Å². The smallest absolute Gasteiger partial charge is 0.354 e. The molecule has 1 aromatic carbocycles. The highest BCUT2D eigenvalue weighted by atomic mass is 35.5. The molecule has 3 rings (SSSR count). The molecule has 2 amide bonds. The number of hydrogen-bond acceptors (Lipinski definition) is 4. The predicted octanol–water partition coefficient (Wildman–Crippen LogP) is 2.12. The number of aromatic nitrogens is 1. The highest BCUT2D eigenvalue weighted by Crippen LogP contribution is 2.22. The molecule has 0 saturated heterocycles. The number of benzene rings is 1. The maximum atomic E-state index is 12.1. The Hall–Kier alpha value is -2.60. The molecular weight excluding hydrogens is 308 g/mol. The number of hydrogen-bond donors (Lipinski definition) is 1. The lowest BCUT2D eigenvalue weighted by Crippen LogP contribution is -2.33. The fourth-order valence-corrected chi connectivity index (χ4v) is 2.40. The highest BCUT2D eigenvalue weighted by Gasteiger charge is 2.34. The molecule has 1 aliphatic rings. The lowest BCUT2D eigenvalue weighted by Gasteiger charge is -2.13. The van der Waals surface area contributed by atoms with Crippen LogP contribution in [0.1, 0.15) is 31.2 Å². The number of ether oxygens (including phenoxy) is 1. The van der Waals surface area contributed by atoms with Crippen LogP contribution in [0.15, 0.2) is 36.5 Å². The summed E-state index contributed by atoms with van der Waals surface area (Å²) in [5, 5.41) is 0.396. The molecule has 0 aliphatic carbocycles. The van der Waals surface area contributed by atoms with Crippen LogP contribution in [-0.2, 0) is 4.74 Å². The fraction of sp³-hybridized carbons (Fsp3) is 0.133. The molecule has 7 heteroatoms. The number of imide groups is 1. The van der Waals surface area contributed by atoms with Crippen LogP contribution in [0.3, 0.4) is 0 Å². The Morgan fingerprint density at radius 3 is 2.36 bits per heavy atom. The lowest BCUT2D eigenvalue weighted by molar-refractivity contribution is 0.0416. The molecular formula is C15H11ClN2O4. The van der Waals surface area contributed by atoms with E-state index >= 15 is 0 Å². The van der Waals surface area contributed by atoms with E-state index in [2.05, 4.69) is 4.98 Å². The van der Waals surface area contributed by atoms with Gasteiger partial charge in [-0.3, -0.25) is 14.5 Å². The van der Waals surface area contributed by atoms with Crippen molar-refractivity contribution in [1.29, 1.82) is 0 Å². The summed E-state index contributed by atoms with van der Waals surface area (Å²) in [6, 6.07) is 8.03. The second-order valence-corrected chi connectivity index (χ2v) is 5.11. The zero-order chi connectivity index (χ0) is 15.7. The number of carbonyl (C=O) groups is 3. The summed E-state index contributed by atoms with van der Waals surface area (Å²) in [6.45, 7) is -0.0759. The quantitative estimate of drug-likeness (QED) is 0.691. The molecule has 0 radical (unpaired) electrons. The maximum absolute atomic E-state index is 12.1. The number of nitrogens with one attached hydrogen (secondary N) is 1. The van der Waals surface area contributed by atoms with Gasteiger partial charge in [-0.05, 0) is 18.2 Å². The molecule has 1 aliphatic heterocycles. The van der Waals surface area contributed by atoms with Gasteiger partial charge in [-0.25, -0.2) is 4.79 Å². The largest absolute Gasteiger partial charge is 0.459 e. The Labute approximate surface area is 130 Å². The van der Waals surface area contributed by atoms with E-state index in [9.17, 15) is 14.4 Å². The molecule has 22 heavy (non-hydrogen) atoms. The molecule has 6 nitrogen and oxygen atoms in total. The van der Waals surface area contributed by atoms with Crippen LogP contribution in [0.4, 0.5) is 0 Å². The van der Waals surface area contributed by atoms with Crippen LogP contribution in [-0.4, -0.2) is 40.8 Å². The fourth-order valence-electron chi connectivity index (χ4n) is 2.24. The van der Waals surface area contributed by atoms with Gasteiger partial charge < -0.3 is 9.72 Å². The normalized spacial score (nSPS) is 13.4. The zero-order valence-electron chi connectivity index (χ0n) is 11.3. The first-order valence-electron chi connectivity index (χ1n) is 6.54. The van der Waals surface area contributed by atoms with Gasteiger partial charge in [0.2, 0.25) is 0 Å². The Balaban J connectivity index is 1.60. The van der Waals surface area contributed by atoms with E-state index in [4.69, 9.17) is 16.3 Å². The summed E-state index contributed by atoms with van der Waals surface area (Å²) in [4.78, 5) is 39.6. The number of nitrogens with zero attached hydrogens (tertiary/aromatic N) is 1. The van der Waals surface area contributed by atoms with Crippen molar-refractivity contribution < 1.29 is 19.1 Å². The maximum Gasteiger partial charge on any atom is 0.354 e. The molecule has 0 spiro atoms. The molecule has 0 atom stereocenters. The number of aromatic amines is 1. The third-order valence-electron chi connectivity index (χ3n) is 3.29. The first kappa shape index (κ1) is 14.3. The summed E-state index contributed by atoms with van der Waals surface area (Å²) < 4.78 is 5.02. The average Bonchev–Trinajstić information content (AvgIpc) is 3.05. The van der Waals surface area contributed by atoms with Crippen molar-refractivity contribution in [1.82, 2.24) is 9.88 Å². The first-order valence-corrected chi connectivity index (χ1v) is 6.92. The monoisotopic (exact) mass is 318 g/mol. The second-order valence-electron chi connectivity index (χ2n) is 4.68. The number of rotatable bonds is 4. The third kappa shape index (κ3) is 2.48. The van der Waals surface area contributed by atoms with Crippen molar-refractivity contribution in [3.63, 3.8) is 0 Å². The molecule has 1 aromatic heterocycles. The van der Waals surface area contributed by atoms with Gasteiger partial charge in [0.15, 0.2) is 0 Å². The summed E-state index contributed by atoms with van der Waals surface area (Å²) >= 11 is 5.70. The minimum absolute atomic E-state index is 0.00648. The van der Waals surface area contributed by atoms with Gasteiger partial charge >= 0.3 is 5.97 Å². The van der Waals surface area contributed by atoms with Crippen LogP contribution in [0.25, 0.3) is 0 Å². The van der Waals surface area contributed by atoms with E-state index in [-0.39, 0.29) is 30.7 Å². The van der Waals surface area contributed by atoms with Gasteiger partial charge in [-0.15, -0.1) is 0 Å². The molecule has 2 aromatic rings. The minimum Gasteiger partial charge on any atom is -0.459 e. The van der Waals surface area contributed by atoms with E-state index in [1.54, 1.807) is 24.3 Å². The van der Waals surface area contributed by atoms with Crippen molar-refractivity contribution in [2.75, 3.05) is 13.2 Å². The molecule has 2 heterocycles. The van der Waals surface area contributed by atoms with Crippen molar-refractivity contribution >= 4 is 29.4 Å². The van der Waals surface area contributed by atoms with Crippen molar-refractivity contribution in [3.05, 3.63) is 58.4 Å². The Kier molecular flexibility index (Phi) is 3.68. The number of halogens is 1. The van der Waals surface area contributed by atoms with Gasteiger partial charge in [0, 0.05) is 6.20 Å². The summed E-state index contributed by atoms with van der Waals surface area (Å²) in [5.41, 5.74) is 0.956. The van der Waals surface area contributed by atoms with Crippen LogP contribution in [0, 0.1) is 0 Å². The number of esters is 1. The van der Waals surface area contributed by atoms with Gasteiger partial charge in [0.05, 0.1) is 22.7 Å². The van der Waals surface area contributed by atoms with Crippen LogP contribution in [0.5, 0.6) is 0 Å². The molecule has 0 unspecified atom stereocenters. The van der Waals surface area contributed by atoms with E-state index in [1.807, 2.05) is 0 Å². The molecule has 112 valence electrons. The lowest BCUT2D eigenvalue weighted by atomic mass is 10.1. The van der Waals surface area contributed by atoms with Crippen LogP contribution < -0.4 is 0 Å². The number of fused-ring (bicyclic) bond motifs is 1. The van der Waals surface area contributed by atoms with E-state index < -0.39 is 5.97 Å². The molecule has 1 N–H and O–H groups in total. The molecule has 0 bridgehead atoms. The van der Waals surface area contributed by atoms with Crippen LogP contribution in [0.2, 0.25) is 5.02 Å². The highest BCUT2D eigenvalue weighted by molar-refractivity contribution is 6.30. The number of carbonyl (C=O) groups excluding carboxylic acids is 3. The summed E-state index contributed by atoms with van der Waals surface area (Å²) in [7, 11) is 0. The molecule has 0 fully saturated rings. The van der Waals surface area contributed by atoms with Crippen molar-refractivity contribution in [3.8, 4) is 0 Å². The summed E-state index contributed by atoms with van der Waals surface area (Å²) in [6.07, 6.45) is 1.46. The predicted molar refractivity (Wildman–Crippen MR) is 77.9 cm³/mol. The van der Waals surface area contributed by atoms with Crippen molar-refractivity contribution in [2.24, 2.45) is 0 Å². The summed E-state index contributed by atoms with van der Waals surface area (Å²) in [5.74, 6) is -1.34. The number of amides is 2. The second kappa shape index (κ2) is 5.65. The average molecular weight is 319 g/mol. The standard InChI is InChI=1S/C15H11ClN2O4/c16-9-7-12(17-8-9)15(21)22-6-5-18-13(19)10-3-1-2-4-11(10)14(18)20/h1-4,7-8,17H,5-6H2. The Morgan fingerprint density at radius 2 is 1.82 bits per heavy atom. The topological polar surface area (TPSA) is 79.5 Å².